The van der Waals surface area contributed by atoms with Gasteiger partial charge in [-0.3, -0.25) is 4.79 Å². The normalized spacial score (nSPS) is 14.9. The number of rotatable bonds is 3. The standard InChI is InChI=1S/C12H26N2O/c1-11(2,3)7-8-14-10(15)9(13)12(4,5)6/h9H,7-8,13H2,1-6H3,(H,14,15). The molecule has 15 heavy (non-hydrogen) atoms. The van der Waals surface area contributed by atoms with Crippen LogP contribution in [0.2, 0.25) is 0 Å². The molecule has 3 nitrogen and oxygen atoms in total. The van der Waals surface area contributed by atoms with E-state index in [1.807, 2.05) is 20.8 Å². The molecule has 90 valence electrons. The molecule has 0 bridgehead atoms. The number of amides is 1. The van der Waals surface area contributed by atoms with E-state index in [1.165, 1.54) is 0 Å². The molecule has 0 aromatic rings. The predicted octanol–water partition coefficient (Wildman–Crippen LogP) is 1.91. The van der Waals surface area contributed by atoms with Gasteiger partial charge in [0.15, 0.2) is 0 Å². The van der Waals surface area contributed by atoms with Gasteiger partial charge in [0.05, 0.1) is 6.04 Å². The zero-order valence-electron chi connectivity index (χ0n) is 11.0. The van der Waals surface area contributed by atoms with Gasteiger partial charge in [-0.05, 0) is 17.3 Å². The van der Waals surface area contributed by atoms with Gasteiger partial charge in [0.2, 0.25) is 5.91 Å². The first-order valence-corrected chi connectivity index (χ1v) is 5.57. The fraction of sp³-hybridized carbons (Fsp3) is 0.917. The van der Waals surface area contributed by atoms with Crippen molar-refractivity contribution >= 4 is 5.91 Å². The molecule has 3 heteroatoms. The zero-order valence-corrected chi connectivity index (χ0v) is 11.0. The Morgan fingerprint density at radius 1 is 1.20 bits per heavy atom. The van der Waals surface area contributed by atoms with Crippen LogP contribution in [0.15, 0.2) is 0 Å². The lowest BCUT2D eigenvalue weighted by molar-refractivity contribution is -0.124. The van der Waals surface area contributed by atoms with Crippen LogP contribution in [0, 0.1) is 10.8 Å². The summed E-state index contributed by atoms with van der Waals surface area (Å²) < 4.78 is 0. The molecule has 0 saturated heterocycles. The summed E-state index contributed by atoms with van der Waals surface area (Å²) in [5.74, 6) is -0.0493. The molecule has 0 aromatic heterocycles. The fourth-order valence-electron chi connectivity index (χ4n) is 1.06. The van der Waals surface area contributed by atoms with Gasteiger partial charge in [-0.1, -0.05) is 41.5 Å². The van der Waals surface area contributed by atoms with Crippen LogP contribution < -0.4 is 11.1 Å². The van der Waals surface area contributed by atoms with Crippen molar-refractivity contribution in [2.45, 2.75) is 54.0 Å². The van der Waals surface area contributed by atoms with E-state index in [9.17, 15) is 4.79 Å². The van der Waals surface area contributed by atoms with E-state index >= 15 is 0 Å². The Kier molecular flexibility index (Phi) is 4.78. The molecule has 0 aliphatic rings. The lowest BCUT2D eigenvalue weighted by atomic mass is 9.86. The summed E-state index contributed by atoms with van der Waals surface area (Å²) in [5.41, 5.74) is 5.91. The number of hydrogen-bond acceptors (Lipinski definition) is 2. The lowest BCUT2D eigenvalue weighted by Gasteiger charge is -2.26. The van der Waals surface area contributed by atoms with Gasteiger partial charge in [-0.25, -0.2) is 0 Å². The second kappa shape index (κ2) is 4.97. The number of carbonyl (C=O) groups is 1. The Morgan fingerprint density at radius 2 is 1.67 bits per heavy atom. The molecule has 0 fully saturated rings. The first-order chi connectivity index (χ1) is 6.54. The van der Waals surface area contributed by atoms with Crippen molar-refractivity contribution in [1.82, 2.24) is 5.32 Å². The molecule has 0 rings (SSSR count). The summed E-state index contributed by atoms with van der Waals surface area (Å²) in [6, 6.07) is -0.433. The van der Waals surface area contributed by atoms with Crippen LogP contribution in [0.1, 0.15) is 48.0 Å². The third-order valence-corrected chi connectivity index (χ3v) is 2.39. The minimum absolute atomic E-state index is 0.0493. The summed E-state index contributed by atoms with van der Waals surface area (Å²) >= 11 is 0. The second-order valence-electron chi connectivity index (χ2n) is 6.45. The summed E-state index contributed by atoms with van der Waals surface area (Å²) in [7, 11) is 0. The van der Waals surface area contributed by atoms with Crippen molar-refractivity contribution in [1.29, 1.82) is 0 Å². The highest BCUT2D eigenvalue weighted by atomic mass is 16.2. The van der Waals surface area contributed by atoms with Gasteiger partial charge in [0.25, 0.3) is 0 Å². The van der Waals surface area contributed by atoms with E-state index in [-0.39, 0.29) is 16.7 Å². The first kappa shape index (κ1) is 14.4. The van der Waals surface area contributed by atoms with Crippen molar-refractivity contribution in [3.05, 3.63) is 0 Å². The Bertz CT molecular complexity index is 211. The molecule has 3 N–H and O–H groups in total. The van der Waals surface area contributed by atoms with Crippen molar-refractivity contribution in [2.24, 2.45) is 16.6 Å². The summed E-state index contributed by atoms with van der Waals surface area (Å²) in [5, 5.41) is 2.88. The third-order valence-electron chi connectivity index (χ3n) is 2.39. The van der Waals surface area contributed by atoms with E-state index in [2.05, 4.69) is 26.1 Å². The van der Waals surface area contributed by atoms with Crippen LogP contribution in [-0.2, 0) is 4.79 Å². The minimum atomic E-state index is -0.433. The summed E-state index contributed by atoms with van der Waals surface area (Å²) in [6.45, 7) is 13.1. The topological polar surface area (TPSA) is 55.1 Å². The van der Waals surface area contributed by atoms with Gasteiger partial charge in [0, 0.05) is 6.54 Å². The average Bonchev–Trinajstić information content (AvgIpc) is 1.98. The van der Waals surface area contributed by atoms with Crippen LogP contribution in [0.4, 0.5) is 0 Å². The first-order valence-electron chi connectivity index (χ1n) is 5.57. The number of nitrogens with two attached hydrogens (primary N) is 1. The third kappa shape index (κ3) is 6.50. The van der Waals surface area contributed by atoms with Crippen LogP contribution in [-0.4, -0.2) is 18.5 Å². The Labute approximate surface area is 93.8 Å². The van der Waals surface area contributed by atoms with Gasteiger partial charge >= 0.3 is 0 Å². The average molecular weight is 214 g/mol. The number of carbonyl (C=O) groups excluding carboxylic acids is 1. The van der Waals surface area contributed by atoms with Crippen LogP contribution >= 0.6 is 0 Å². The van der Waals surface area contributed by atoms with Crippen molar-refractivity contribution in [2.75, 3.05) is 6.54 Å². The Morgan fingerprint density at radius 3 is 2.00 bits per heavy atom. The maximum absolute atomic E-state index is 11.6. The number of hydrogen-bond donors (Lipinski definition) is 2. The Balaban J connectivity index is 3.96. The quantitative estimate of drug-likeness (QED) is 0.754. The van der Waals surface area contributed by atoms with Crippen molar-refractivity contribution in [3.63, 3.8) is 0 Å². The van der Waals surface area contributed by atoms with Gasteiger partial charge in [0.1, 0.15) is 0 Å². The van der Waals surface area contributed by atoms with Gasteiger partial charge < -0.3 is 11.1 Å². The van der Waals surface area contributed by atoms with E-state index in [1.54, 1.807) is 0 Å². The Hall–Kier alpha value is -0.570. The SMILES string of the molecule is CC(C)(C)CCNC(=O)C(N)C(C)(C)C. The molecule has 0 spiro atoms. The van der Waals surface area contributed by atoms with E-state index in [0.717, 1.165) is 6.42 Å². The maximum atomic E-state index is 11.6. The zero-order chi connectivity index (χ0) is 12.3. The molecule has 0 aliphatic heterocycles. The van der Waals surface area contributed by atoms with E-state index in [0.29, 0.717) is 6.54 Å². The molecule has 0 heterocycles. The largest absolute Gasteiger partial charge is 0.355 e. The highest BCUT2D eigenvalue weighted by Gasteiger charge is 2.27. The molecule has 1 atom stereocenters. The highest BCUT2D eigenvalue weighted by Crippen LogP contribution is 2.19. The van der Waals surface area contributed by atoms with Crippen molar-refractivity contribution in [3.8, 4) is 0 Å². The van der Waals surface area contributed by atoms with Crippen molar-refractivity contribution < 1.29 is 4.79 Å². The van der Waals surface area contributed by atoms with Gasteiger partial charge in [-0.15, -0.1) is 0 Å². The molecule has 0 saturated carbocycles. The molecular formula is C12H26N2O. The predicted molar refractivity (Wildman–Crippen MR) is 64.5 cm³/mol. The molecular weight excluding hydrogens is 188 g/mol. The van der Waals surface area contributed by atoms with Crippen LogP contribution in [0.3, 0.4) is 0 Å². The minimum Gasteiger partial charge on any atom is -0.355 e. The molecule has 0 aromatic carbocycles. The highest BCUT2D eigenvalue weighted by molar-refractivity contribution is 5.82. The maximum Gasteiger partial charge on any atom is 0.237 e. The monoisotopic (exact) mass is 214 g/mol. The van der Waals surface area contributed by atoms with Crippen LogP contribution in [0.25, 0.3) is 0 Å². The summed E-state index contributed by atoms with van der Waals surface area (Å²) in [4.78, 5) is 11.6. The van der Waals surface area contributed by atoms with Crippen LogP contribution in [0.5, 0.6) is 0 Å². The lowest BCUT2D eigenvalue weighted by Crippen LogP contribution is -2.49. The van der Waals surface area contributed by atoms with Gasteiger partial charge in [-0.2, -0.15) is 0 Å². The number of nitrogens with one attached hydrogen (secondary N) is 1. The molecule has 0 aliphatic carbocycles. The second-order valence-corrected chi connectivity index (χ2v) is 6.45. The summed E-state index contributed by atoms with van der Waals surface area (Å²) in [6.07, 6.45) is 0.968. The molecule has 1 amide bonds. The fourth-order valence-corrected chi connectivity index (χ4v) is 1.06. The van der Waals surface area contributed by atoms with E-state index < -0.39 is 6.04 Å². The smallest absolute Gasteiger partial charge is 0.237 e. The van der Waals surface area contributed by atoms with E-state index in [4.69, 9.17) is 5.73 Å². The molecule has 1 unspecified atom stereocenters. The molecule has 0 radical (unpaired) electrons.